The maximum absolute atomic E-state index is 11.1. The van der Waals surface area contributed by atoms with Crippen LogP contribution in [0.25, 0.3) is 0 Å². The molecule has 0 atom stereocenters. The van der Waals surface area contributed by atoms with Gasteiger partial charge in [-0.3, -0.25) is 4.79 Å². The molecule has 1 aromatic rings. The van der Waals surface area contributed by atoms with E-state index >= 15 is 0 Å². The lowest BCUT2D eigenvalue weighted by Crippen LogP contribution is -2.27. The van der Waals surface area contributed by atoms with Crippen molar-refractivity contribution >= 4 is 11.9 Å². The van der Waals surface area contributed by atoms with Crippen molar-refractivity contribution in [2.24, 2.45) is 0 Å². The fourth-order valence-electron chi connectivity index (χ4n) is 0.774. The number of aromatic nitrogens is 3. The Hall–Kier alpha value is -1.85. The molecule has 0 aliphatic heterocycles. The Balaban J connectivity index is 2.40. The van der Waals surface area contributed by atoms with Gasteiger partial charge in [-0.1, -0.05) is 6.08 Å². The van der Waals surface area contributed by atoms with Crippen LogP contribution in [0.5, 0.6) is 0 Å². The first-order valence-corrected chi connectivity index (χ1v) is 3.75. The van der Waals surface area contributed by atoms with Crippen molar-refractivity contribution < 1.29 is 4.79 Å². The maximum atomic E-state index is 11.1. The third-order valence-corrected chi connectivity index (χ3v) is 1.30. The first kappa shape index (κ1) is 9.24. The number of amides is 1. The minimum absolute atomic E-state index is 0.123. The van der Waals surface area contributed by atoms with E-state index in [9.17, 15) is 4.79 Å². The van der Waals surface area contributed by atoms with Crippen molar-refractivity contribution in [2.45, 2.75) is 6.54 Å². The van der Waals surface area contributed by atoms with Gasteiger partial charge in [0.05, 0.1) is 0 Å². The van der Waals surface area contributed by atoms with E-state index in [1.807, 2.05) is 0 Å². The number of rotatable bonds is 4. The highest BCUT2D eigenvalue weighted by Gasteiger charge is 2.02. The van der Waals surface area contributed by atoms with Crippen molar-refractivity contribution in [1.82, 2.24) is 20.1 Å². The number of hydrogen-bond acceptors (Lipinski definition) is 4. The molecule has 70 valence electrons. The minimum Gasteiger partial charge on any atom is -0.367 e. The number of anilines is 1. The summed E-state index contributed by atoms with van der Waals surface area (Å²) in [5.74, 6) is 0.0151. The zero-order valence-corrected chi connectivity index (χ0v) is 7.10. The Morgan fingerprint density at radius 1 is 1.85 bits per heavy atom. The standard InChI is InChI=1S/C7H11N5O/c1-2-3-9-6(13)4-12-5-10-7(8)11-12/h2,5H,1,3-4H2,(H2,8,11)(H,9,13). The van der Waals surface area contributed by atoms with Crippen molar-refractivity contribution in [1.29, 1.82) is 0 Å². The topological polar surface area (TPSA) is 85.8 Å². The molecule has 0 aliphatic carbocycles. The lowest BCUT2D eigenvalue weighted by Gasteiger charge is -2.00. The van der Waals surface area contributed by atoms with Gasteiger partial charge < -0.3 is 11.1 Å². The number of nitrogens with one attached hydrogen (secondary N) is 1. The van der Waals surface area contributed by atoms with Crippen molar-refractivity contribution in [3.63, 3.8) is 0 Å². The Kier molecular flexibility index (Phi) is 3.02. The third kappa shape index (κ3) is 2.94. The summed E-state index contributed by atoms with van der Waals surface area (Å²) in [6.07, 6.45) is 3.01. The molecular weight excluding hydrogens is 170 g/mol. The number of nitrogens with zero attached hydrogens (tertiary/aromatic N) is 3. The van der Waals surface area contributed by atoms with Crippen LogP contribution in [0.4, 0.5) is 5.95 Å². The molecule has 1 rings (SSSR count). The fourth-order valence-corrected chi connectivity index (χ4v) is 0.774. The summed E-state index contributed by atoms with van der Waals surface area (Å²) in [5.41, 5.74) is 5.26. The first-order valence-electron chi connectivity index (χ1n) is 3.75. The molecule has 1 aromatic heterocycles. The molecule has 0 aromatic carbocycles. The molecule has 0 unspecified atom stereocenters. The van der Waals surface area contributed by atoms with Gasteiger partial charge in [0, 0.05) is 6.54 Å². The van der Waals surface area contributed by atoms with E-state index in [1.165, 1.54) is 11.0 Å². The summed E-state index contributed by atoms with van der Waals surface area (Å²) >= 11 is 0. The summed E-state index contributed by atoms with van der Waals surface area (Å²) in [5, 5.41) is 6.36. The lowest BCUT2D eigenvalue weighted by molar-refractivity contribution is -0.121. The SMILES string of the molecule is C=CCNC(=O)Cn1cnc(N)n1. The number of carbonyl (C=O) groups excluding carboxylic acids is 1. The largest absolute Gasteiger partial charge is 0.367 e. The van der Waals surface area contributed by atoms with Crippen LogP contribution >= 0.6 is 0 Å². The Labute approximate surface area is 75.4 Å². The monoisotopic (exact) mass is 181 g/mol. The second-order valence-corrected chi connectivity index (χ2v) is 2.39. The zero-order valence-electron chi connectivity index (χ0n) is 7.10. The molecular formula is C7H11N5O. The first-order chi connectivity index (χ1) is 6.22. The lowest BCUT2D eigenvalue weighted by atomic mass is 10.5. The Morgan fingerprint density at radius 3 is 3.15 bits per heavy atom. The van der Waals surface area contributed by atoms with Crippen molar-refractivity contribution in [2.75, 3.05) is 12.3 Å². The summed E-state index contributed by atoms with van der Waals surface area (Å²) in [7, 11) is 0. The predicted octanol–water partition coefficient (Wildman–Crippen LogP) is -0.837. The Bertz CT molecular complexity index is 306. The minimum atomic E-state index is -0.148. The van der Waals surface area contributed by atoms with Gasteiger partial charge in [-0.15, -0.1) is 11.7 Å². The molecule has 1 amide bonds. The van der Waals surface area contributed by atoms with Crippen LogP contribution < -0.4 is 11.1 Å². The van der Waals surface area contributed by atoms with Crippen LogP contribution in [0.15, 0.2) is 19.0 Å². The third-order valence-electron chi connectivity index (χ3n) is 1.30. The highest BCUT2D eigenvalue weighted by molar-refractivity contribution is 5.75. The molecule has 0 saturated carbocycles. The highest BCUT2D eigenvalue weighted by Crippen LogP contribution is 1.88. The summed E-state index contributed by atoms with van der Waals surface area (Å²) in [4.78, 5) is 14.8. The Morgan fingerprint density at radius 2 is 2.62 bits per heavy atom. The van der Waals surface area contributed by atoms with E-state index in [0.717, 1.165) is 0 Å². The van der Waals surface area contributed by atoms with Crippen LogP contribution in [-0.2, 0) is 11.3 Å². The van der Waals surface area contributed by atoms with Crippen molar-refractivity contribution in [3.8, 4) is 0 Å². The van der Waals surface area contributed by atoms with Crippen LogP contribution in [0.1, 0.15) is 0 Å². The summed E-state index contributed by atoms with van der Waals surface area (Å²) < 4.78 is 1.37. The summed E-state index contributed by atoms with van der Waals surface area (Å²) in [6.45, 7) is 4.04. The van der Waals surface area contributed by atoms with Gasteiger partial charge in [-0.25, -0.2) is 9.67 Å². The van der Waals surface area contributed by atoms with E-state index in [1.54, 1.807) is 6.08 Å². The molecule has 1 heterocycles. The van der Waals surface area contributed by atoms with E-state index in [0.29, 0.717) is 6.54 Å². The van der Waals surface area contributed by atoms with Gasteiger partial charge >= 0.3 is 0 Å². The normalized spacial score (nSPS) is 9.54. The summed E-state index contributed by atoms with van der Waals surface area (Å²) in [6, 6.07) is 0. The molecule has 0 aliphatic rings. The number of hydrogen-bond donors (Lipinski definition) is 2. The average molecular weight is 181 g/mol. The quantitative estimate of drug-likeness (QED) is 0.593. The van der Waals surface area contributed by atoms with Crippen molar-refractivity contribution in [3.05, 3.63) is 19.0 Å². The highest BCUT2D eigenvalue weighted by atomic mass is 16.2. The van der Waals surface area contributed by atoms with E-state index in [4.69, 9.17) is 5.73 Å². The molecule has 3 N–H and O–H groups in total. The molecule has 0 spiro atoms. The number of nitrogen functional groups attached to an aromatic ring is 1. The van der Waals surface area contributed by atoms with Crippen LogP contribution in [0.3, 0.4) is 0 Å². The maximum Gasteiger partial charge on any atom is 0.242 e. The van der Waals surface area contributed by atoms with Crippen LogP contribution in [0.2, 0.25) is 0 Å². The number of carbonyl (C=O) groups is 1. The van der Waals surface area contributed by atoms with E-state index in [2.05, 4.69) is 22.0 Å². The van der Waals surface area contributed by atoms with Crippen LogP contribution in [0, 0.1) is 0 Å². The average Bonchev–Trinajstić information content (AvgIpc) is 2.48. The fraction of sp³-hybridized carbons (Fsp3) is 0.286. The van der Waals surface area contributed by atoms with Gasteiger partial charge in [-0.2, -0.15) is 0 Å². The van der Waals surface area contributed by atoms with Gasteiger partial charge in [0.1, 0.15) is 12.9 Å². The van der Waals surface area contributed by atoms with E-state index < -0.39 is 0 Å². The van der Waals surface area contributed by atoms with Gasteiger partial charge in [-0.05, 0) is 0 Å². The molecule has 0 bridgehead atoms. The molecule has 13 heavy (non-hydrogen) atoms. The van der Waals surface area contributed by atoms with Gasteiger partial charge in [0.15, 0.2) is 0 Å². The number of nitrogens with two attached hydrogens (primary N) is 1. The molecule has 0 saturated heterocycles. The zero-order chi connectivity index (χ0) is 9.68. The second-order valence-electron chi connectivity index (χ2n) is 2.39. The second kappa shape index (κ2) is 4.24. The smallest absolute Gasteiger partial charge is 0.242 e. The van der Waals surface area contributed by atoms with Gasteiger partial charge in [0.25, 0.3) is 0 Å². The molecule has 0 radical (unpaired) electrons. The predicted molar refractivity (Wildman–Crippen MR) is 47.6 cm³/mol. The van der Waals surface area contributed by atoms with Gasteiger partial charge in [0.2, 0.25) is 11.9 Å². The molecule has 6 nitrogen and oxygen atoms in total. The molecule has 6 heteroatoms. The molecule has 0 fully saturated rings. The van der Waals surface area contributed by atoms with Crippen LogP contribution in [-0.4, -0.2) is 27.2 Å². The van der Waals surface area contributed by atoms with E-state index in [-0.39, 0.29) is 18.4 Å².